The van der Waals surface area contributed by atoms with Crippen LogP contribution in [0.2, 0.25) is 0 Å². The third kappa shape index (κ3) is 1.68. The molecule has 0 aromatic heterocycles. The number of benzene rings is 1. The summed E-state index contributed by atoms with van der Waals surface area (Å²) in [6.07, 6.45) is 0. The van der Waals surface area contributed by atoms with Crippen LogP contribution in [0.5, 0.6) is 0 Å². The van der Waals surface area contributed by atoms with Gasteiger partial charge in [-0.3, -0.25) is 4.72 Å². The zero-order chi connectivity index (χ0) is 11.0. The van der Waals surface area contributed by atoms with Crippen molar-refractivity contribution in [2.75, 3.05) is 23.7 Å². The SMILES string of the molecule is CN(C)c1cccc2c1C(N)=NS(=O)N2. The van der Waals surface area contributed by atoms with Crippen molar-refractivity contribution in [2.24, 2.45) is 10.1 Å². The summed E-state index contributed by atoms with van der Waals surface area (Å²) in [6.45, 7) is 0. The first-order valence-corrected chi connectivity index (χ1v) is 5.53. The Bertz CT molecular complexity index is 455. The van der Waals surface area contributed by atoms with Crippen molar-refractivity contribution in [3.8, 4) is 0 Å². The van der Waals surface area contributed by atoms with Gasteiger partial charge in [0.05, 0.1) is 11.3 Å². The first-order chi connectivity index (χ1) is 7.09. The van der Waals surface area contributed by atoms with Gasteiger partial charge in [-0.25, -0.2) is 4.21 Å². The zero-order valence-corrected chi connectivity index (χ0v) is 9.34. The summed E-state index contributed by atoms with van der Waals surface area (Å²) in [5.41, 5.74) is 8.29. The predicted molar refractivity (Wildman–Crippen MR) is 63.3 cm³/mol. The minimum absolute atomic E-state index is 0.311. The Hall–Kier alpha value is -1.56. The van der Waals surface area contributed by atoms with Crippen LogP contribution in [0.25, 0.3) is 0 Å². The van der Waals surface area contributed by atoms with Crippen molar-refractivity contribution in [1.29, 1.82) is 0 Å². The van der Waals surface area contributed by atoms with E-state index in [1.165, 1.54) is 0 Å². The van der Waals surface area contributed by atoms with Gasteiger partial charge < -0.3 is 10.6 Å². The third-order valence-corrected chi connectivity index (χ3v) is 2.92. The van der Waals surface area contributed by atoms with E-state index in [1.807, 2.05) is 37.2 Å². The molecule has 1 atom stereocenters. The Morgan fingerprint density at radius 1 is 1.47 bits per heavy atom. The average molecular weight is 224 g/mol. The summed E-state index contributed by atoms with van der Waals surface area (Å²) in [7, 11) is 3.85. The highest BCUT2D eigenvalue weighted by molar-refractivity contribution is 7.85. The van der Waals surface area contributed by atoms with Gasteiger partial charge in [-0.05, 0) is 12.1 Å². The molecule has 0 fully saturated rings. The average Bonchev–Trinajstić information content (AvgIpc) is 2.16. The molecule has 1 aliphatic heterocycles. The summed E-state index contributed by atoms with van der Waals surface area (Å²) >= 11 is -1.46. The van der Waals surface area contributed by atoms with Crippen molar-refractivity contribution in [3.05, 3.63) is 23.8 Å². The number of fused-ring (bicyclic) bond motifs is 1. The number of nitrogens with one attached hydrogen (secondary N) is 1. The monoisotopic (exact) mass is 224 g/mol. The molecule has 1 aliphatic rings. The topological polar surface area (TPSA) is 70.7 Å². The van der Waals surface area contributed by atoms with Gasteiger partial charge in [0.1, 0.15) is 5.84 Å². The molecule has 15 heavy (non-hydrogen) atoms. The van der Waals surface area contributed by atoms with Crippen molar-refractivity contribution < 1.29 is 4.21 Å². The van der Waals surface area contributed by atoms with E-state index < -0.39 is 11.2 Å². The fraction of sp³-hybridized carbons (Fsp3) is 0.222. The van der Waals surface area contributed by atoms with E-state index in [4.69, 9.17) is 5.73 Å². The maximum absolute atomic E-state index is 11.2. The Morgan fingerprint density at radius 2 is 2.20 bits per heavy atom. The first kappa shape index (κ1) is 9.97. The van der Waals surface area contributed by atoms with Crippen molar-refractivity contribution in [1.82, 2.24) is 0 Å². The summed E-state index contributed by atoms with van der Waals surface area (Å²) in [5, 5.41) is 0. The van der Waals surface area contributed by atoms with Gasteiger partial charge in [0.2, 0.25) is 11.2 Å². The van der Waals surface area contributed by atoms with E-state index in [9.17, 15) is 4.21 Å². The zero-order valence-electron chi connectivity index (χ0n) is 8.52. The molecular formula is C9H12N4OS. The molecule has 6 heteroatoms. The standard InChI is InChI=1S/C9H12N4OS/c1-13(2)7-5-3-4-6-8(7)9(10)12-15(14)11-6/h3-5,11H,1-2H3,(H2,10,12). The van der Waals surface area contributed by atoms with Crippen LogP contribution in [0.4, 0.5) is 11.4 Å². The van der Waals surface area contributed by atoms with Crippen LogP contribution in [-0.2, 0) is 11.2 Å². The normalized spacial score (nSPS) is 18.8. The van der Waals surface area contributed by atoms with Crippen molar-refractivity contribution in [3.63, 3.8) is 0 Å². The van der Waals surface area contributed by atoms with Crippen molar-refractivity contribution in [2.45, 2.75) is 0 Å². The lowest BCUT2D eigenvalue weighted by Gasteiger charge is -2.22. The maximum atomic E-state index is 11.2. The molecule has 0 bridgehead atoms. The van der Waals surface area contributed by atoms with E-state index in [-0.39, 0.29) is 0 Å². The largest absolute Gasteiger partial charge is 0.382 e. The fourth-order valence-corrected chi connectivity index (χ4v) is 2.19. The van der Waals surface area contributed by atoms with E-state index in [0.717, 1.165) is 16.9 Å². The highest BCUT2D eigenvalue weighted by Crippen LogP contribution is 2.28. The van der Waals surface area contributed by atoms with Crippen LogP contribution in [-0.4, -0.2) is 24.1 Å². The summed E-state index contributed by atoms with van der Waals surface area (Å²) in [6, 6.07) is 5.66. The second-order valence-electron chi connectivity index (χ2n) is 3.42. The predicted octanol–water partition coefficient (Wildman–Crippen LogP) is 0.462. The molecule has 1 aromatic rings. The molecule has 2 rings (SSSR count). The molecule has 1 heterocycles. The van der Waals surface area contributed by atoms with Crippen LogP contribution in [0, 0.1) is 0 Å². The molecule has 0 aliphatic carbocycles. The molecule has 0 spiro atoms. The number of nitrogens with zero attached hydrogens (tertiary/aromatic N) is 2. The molecule has 0 saturated carbocycles. The summed E-state index contributed by atoms with van der Waals surface area (Å²) in [5.74, 6) is 0.311. The van der Waals surface area contributed by atoms with Gasteiger partial charge in [0, 0.05) is 19.8 Å². The molecule has 1 unspecified atom stereocenters. The van der Waals surface area contributed by atoms with Crippen LogP contribution < -0.4 is 15.4 Å². The molecule has 3 N–H and O–H groups in total. The Kier molecular flexibility index (Phi) is 2.36. The molecular weight excluding hydrogens is 212 g/mol. The second-order valence-corrected chi connectivity index (χ2v) is 4.31. The third-order valence-electron chi connectivity index (χ3n) is 2.16. The van der Waals surface area contributed by atoms with Gasteiger partial charge in [-0.1, -0.05) is 6.07 Å². The number of rotatable bonds is 1. The number of anilines is 2. The van der Waals surface area contributed by atoms with Crippen LogP contribution in [0.3, 0.4) is 0 Å². The number of hydrogen-bond acceptors (Lipinski definition) is 3. The molecule has 5 nitrogen and oxygen atoms in total. The smallest absolute Gasteiger partial charge is 0.245 e. The maximum Gasteiger partial charge on any atom is 0.245 e. The van der Waals surface area contributed by atoms with Gasteiger partial charge in [0.25, 0.3) is 0 Å². The van der Waals surface area contributed by atoms with Gasteiger partial charge in [-0.2, -0.15) is 4.40 Å². The van der Waals surface area contributed by atoms with Gasteiger partial charge in [-0.15, -0.1) is 0 Å². The summed E-state index contributed by atoms with van der Waals surface area (Å²) < 4.78 is 17.8. The number of nitrogens with two attached hydrogens (primary N) is 1. The van der Waals surface area contributed by atoms with E-state index in [1.54, 1.807) is 0 Å². The van der Waals surface area contributed by atoms with E-state index >= 15 is 0 Å². The lowest BCUT2D eigenvalue weighted by atomic mass is 10.1. The van der Waals surface area contributed by atoms with Crippen molar-refractivity contribution >= 4 is 28.4 Å². The minimum Gasteiger partial charge on any atom is -0.382 e. The molecule has 80 valence electrons. The highest BCUT2D eigenvalue weighted by Gasteiger charge is 2.19. The van der Waals surface area contributed by atoms with E-state index in [0.29, 0.717) is 5.84 Å². The molecule has 1 aromatic carbocycles. The Labute approximate surface area is 90.7 Å². The molecule has 0 radical (unpaired) electrons. The lowest BCUT2D eigenvalue weighted by Crippen LogP contribution is -2.26. The minimum atomic E-state index is -1.46. The van der Waals surface area contributed by atoms with Gasteiger partial charge in [0.15, 0.2) is 0 Å². The Morgan fingerprint density at radius 3 is 2.87 bits per heavy atom. The first-order valence-electron chi connectivity index (χ1n) is 4.43. The molecule has 0 amide bonds. The number of hydrogen-bond donors (Lipinski definition) is 2. The lowest BCUT2D eigenvalue weighted by molar-refractivity contribution is 0.687. The second kappa shape index (κ2) is 3.54. The van der Waals surface area contributed by atoms with Crippen LogP contribution in [0.1, 0.15) is 5.56 Å². The van der Waals surface area contributed by atoms with Gasteiger partial charge >= 0.3 is 0 Å². The fourth-order valence-electron chi connectivity index (χ4n) is 1.52. The van der Waals surface area contributed by atoms with E-state index in [2.05, 4.69) is 9.12 Å². The molecule has 0 saturated heterocycles. The Balaban J connectivity index is 2.64. The highest BCUT2D eigenvalue weighted by atomic mass is 32.2. The van der Waals surface area contributed by atoms with Crippen LogP contribution in [0.15, 0.2) is 22.6 Å². The summed E-state index contributed by atoms with van der Waals surface area (Å²) in [4.78, 5) is 1.94. The van der Waals surface area contributed by atoms with Crippen LogP contribution >= 0.6 is 0 Å². The quantitative estimate of drug-likeness (QED) is 0.728. The number of amidine groups is 1.